The largest absolute Gasteiger partial charge is 0.374 e. The summed E-state index contributed by atoms with van der Waals surface area (Å²) in [6.07, 6.45) is 0.824. The average Bonchev–Trinajstić information content (AvgIpc) is 2.08. The Balaban J connectivity index is 2.87. The van der Waals surface area contributed by atoms with Crippen LogP contribution in [0.5, 0.6) is 0 Å². The van der Waals surface area contributed by atoms with Crippen molar-refractivity contribution in [3.05, 3.63) is 0 Å². The number of rotatable bonds is 1. The predicted octanol–water partition coefficient (Wildman–Crippen LogP) is 3.73. The third-order valence-electron chi connectivity index (χ3n) is 4.57. The minimum Gasteiger partial charge on any atom is -0.374 e. The van der Waals surface area contributed by atoms with Gasteiger partial charge < -0.3 is 4.74 Å². The van der Waals surface area contributed by atoms with Gasteiger partial charge in [-0.2, -0.15) is 0 Å². The Kier molecular flexibility index (Phi) is 3.30. The summed E-state index contributed by atoms with van der Waals surface area (Å²) in [6.45, 7) is 16.2. The second-order valence-corrected chi connectivity index (χ2v) is 5.95. The van der Waals surface area contributed by atoms with Crippen LogP contribution in [0.25, 0.3) is 0 Å². The van der Waals surface area contributed by atoms with Crippen molar-refractivity contribution in [2.45, 2.75) is 60.7 Å². The fourth-order valence-corrected chi connectivity index (χ4v) is 2.66. The molecule has 0 bridgehead atoms. The van der Waals surface area contributed by atoms with Crippen LogP contribution in [0.3, 0.4) is 0 Å². The van der Waals surface area contributed by atoms with Crippen molar-refractivity contribution in [2.75, 3.05) is 0 Å². The van der Waals surface area contributed by atoms with Crippen LogP contribution in [-0.4, -0.2) is 12.2 Å². The minimum absolute atomic E-state index is 0.395. The second kappa shape index (κ2) is 3.84. The number of hydrogen-bond acceptors (Lipinski definition) is 1. The monoisotopic (exact) mass is 198 g/mol. The summed E-state index contributed by atoms with van der Waals surface area (Å²) in [4.78, 5) is 0. The van der Waals surface area contributed by atoms with E-state index in [1.807, 2.05) is 0 Å². The van der Waals surface area contributed by atoms with Crippen LogP contribution in [0.2, 0.25) is 0 Å². The van der Waals surface area contributed by atoms with Crippen LogP contribution >= 0.6 is 0 Å². The normalized spacial score (nSPS) is 42.9. The summed E-state index contributed by atoms with van der Waals surface area (Å²) in [5.74, 6) is 1.92. The molecular weight excluding hydrogens is 172 g/mol. The molecule has 1 aliphatic rings. The van der Waals surface area contributed by atoms with E-state index in [2.05, 4.69) is 48.5 Å². The van der Waals surface area contributed by atoms with Crippen molar-refractivity contribution in [3.63, 3.8) is 0 Å². The Morgan fingerprint density at radius 3 is 1.93 bits per heavy atom. The first kappa shape index (κ1) is 12.0. The molecule has 0 spiro atoms. The molecule has 0 aromatic rings. The topological polar surface area (TPSA) is 9.23 Å². The molecule has 1 fully saturated rings. The van der Waals surface area contributed by atoms with Crippen molar-refractivity contribution < 1.29 is 4.74 Å². The van der Waals surface area contributed by atoms with Gasteiger partial charge in [0.2, 0.25) is 0 Å². The van der Waals surface area contributed by atoms with Gasteiger partial charge in [-0.05, 0) is 30.1 Å². The summed E-state index contributed by atoms with van der Waals surface area (Å²) < 4.78 is 6.11. The van der Waals surface area contributed by atoms with Crippen molar-refractivity contribution in [1.82, 2.24) is 0 Å². The molecule has 1 heterocycles. The van der Waals surface area contributed by atoms with E-state index in [-0.39, 0.29) is 0 Å². The highest BCUT2D eigenvalue weighted by atomic mass is 16.5. The summed E-state index contributed by atoms with van der Waals surface area (Å²) >= 11 is 0. The van der Waals surface area contributed by atoms with Gasteiger partial charge in [0.1, 0.15) is 0 Å². The van der Waals surface area contributed by atoms with E-state index in [0.29, 0.717) is 35.4 Å². The zero-order valence-corrected chi connectivity index (χ0v) is 10.8. The van der Waals surface area contributed by atoms with Gasteiger partial charge in [0.15, 0.2) is 0 Å². The highest BCUT2D eigenvalue weighted by Gasteiger charge is 2.45. The van der Waals surface area contributed by atoms with Crippen molar-refractivity contribution in [2.24, 2.45) is 23.2 Å². The molecule has 0 N–H and O–H groups in total. The van der Waals surface area contributed by atoms with Gasteiger partial charge in [-0.1, -0.05) is 41.5 Å². The Morgan fingerprint density at radius 1 is 1.00 bits per heavy atom. The summed E-state index contributed by atoms with van der Waals surface area (Å²) in [5, 5.41) is 0. The van der Waals surface area contributed by atoms with E-state index in [9.17, 15) is 0 Å². The van der Waals surface area contributed by atoms with Gasteiger partial charge in [-0.15, -0.1) is 0 Å². The van der Waals surface area contributed by atoms with Gasteiger partial charge in [0.05, 0.1) is 12.2 Å². The smallest absolute Gasteiger partial charge is 0.0632 e. The lowest BCUT2D eigenvalue weighted by Gasteiger charge is -2.51. The Hall–Kier alpha value is -0.0400. The minimum atomic E-state index is 0.395. The van der Waals surface area contributed by atoms with Crippen LogP contribution in [0.1, 0.15) is 48.5 Å². The molecule has 0 amide bonds. The maximum atomic E-state index is 6.11. The molecule has 14 heavy (non-hydrogen) atoms. The average molecular weight is 198 g/mol. The zero-order chi connectivity index (χ0) is 11.1. The predicted molar refractivity (Wildman–Crippen MR) is 61.3 cm³/mol. The van der Waals surface area contributed by atoms with Crippen molar-refractivity contribution in [1.29, 1.82) is 0 Å². The second-order valence-electron chi connectivity index (χ2n) is 5.95. The molecule has 0 aliphatic carbocycles. The first-order valence-corrected chi connectivity index (χ1v) is 5.94. The molecule has 0 saturated carbocycles. The van der Waals surface area contributed by atoms with Crippen LogP contribution in [0, 0.1) is 23.2 Å². The van der Waals surface area contributed by atoms with Crippen molar-refractivity contribution in [3.8, 4) is 0 Å². The lowest BCUT2D eigenvalue weighted by atomic mass is 9.63. The fraction of sp³-hybridized carbons (Fsp3) is 1.00. The van der Waals surface area contributed by atoms with E-state index in [1.165, 1.54) is 0 Å². The quantitative estimate of drug-likeness (QED) is 0.624. The van der Waals surface area contributed by atoms with E-state index in [1.54, 1.807) is 0 Å². The molecule has 1 rings (SSSR count). The van der Waals surface area contributed by atoms with E-state index < -0.39 is 0 Å². The standard InChI is InChI=1S/C13H26O/c1-8(2)12-10(4)13(6,7)9(3)11(5)14-12/h8-12H,1-7H3/t9-,10+,11-,12?/m1/s1. The lowest BCUT2D eigenvalue weighted by Crippen LogP contribution is -2.51. The van der Waals surface area contributed by atoms with Gasteiger partial charge >= 0.3 is 0 Å². The summed E-state index contributed by atoms with van der Waals surface area (Å²) in [6, 6.07) is 0. The molecule has 1 nitrogen and oxygen atoms in total. The maximum absolute atomic E-state index is 6.11. The summed E-state index contributed by atoms with van der Waals surface area (Å²) in [7, 11) is 0. The molecule has 1 aliphatic heterocycles. The van der Waals surface area contributed by atoms with Crippen molar-refractivity contribution >= 4 is 0 Å². The first-order valence-electron chi connectivity index (χ1n) is 5.94. The molecule has 0 aromatic carbocycles. The van der Waals surface area contributed by atoms with Crippen LogP contribution in [-0.2, 0) is 4.74 Å². The third kappa shape index (κ3) is 1.84. The summed E-state index contributed by atoms with van der Waals surface area (Å²) in [5.41, 5.74) is 0.395. The molecular formula is C13H26O. The zero-order valence-electron chi connectivity index (χ0n) is 10.8. The van der Waals surface area contributed by atoms with Crippen LogP contribution < -0.4 is 0 Å². The Bertz CT molecular complexity index is 195. The van der Waals surface area contributed by atoms with Gasteiger partial charge in [-0.25, -0.2) is 0 Å². The number of hydrogen-bond donors (Lipinski definition) is 0. The van der Waals surface area contributed by atoms with E-state index in [0.717, 1.165) is 0 Å². The molecule has 0 radical (unpaired) electrons. The maximum Gasteiger partial charge on any atom is 0.0632 e. The van der Waals surface area contributed by atoms with Crippen LogP contribution in [0.4, 0.5) is 0 Å². The fourth-order valence-electron chi connectivity index (χ4n) is 2.66. The molecule has 4 atom stereocenters. The molecule has 84 valence electrons. The SMILES string of the molecule is CC(C)C1O[C@H](C)[C@@H](C)C(C)(C)[C@H]1C. The highest BCUT2D eigenvalue weighted by molar-refractivity contribution is 4.93. The highest BCUT2D eigenvalue weighted by Crippen LogP contribution is 2.46. The molecule has 1 unspecified atom stereocenters. The molecule has 0 aromatic heterocycles. The van der Waals surface area contributed by atoms with Crippen LogP contribution in [0.15, 0.2) is 0 Å². The van der Waals surface area contributed by atoms with Gasteiger partial charge in [0, 0.05) is 0 Å². The molecule has 1 saturated heterocycles. The van der Waals surface area contributed by atoms with Gasteiger partial charge in [0.25, 0.3) is 0 Å². The third-order valence-corrected chi connectivity index (χ3v) is 4.57. The Labute approximate surface area is 89.2 Å². The number of ether oxygens (including phenoxy) is 1. The molecule has 1 heteroatoms. The first-order chi connectivity index (χ1) is 6.28. The lowest BCUT2D eigenvalue weighted by molar-refractivity contribution is -0.174. The van der Waals surface area contributed by atoms with Gasteiger partial charge in [-0.3, -0.25) is 0 Å². The Morgan fingerprint density at radius 2 is 1.50 bits per heavy atom. The van der Waals surface area contributed by atoms with E-state index >= 15 is 0 Å². The van der Waals surface area contributed by atoms with E-state index in [4.69, 9.17) is 4.74 Å².